The first-order valence-corrected chi connectivity index (χ1v) is 8.42. The van der Waals surface area contributed by atoms with E-state index in [-0.39, 0.29) is 22.9 Å². The number of nitrogens with one attached hydrogen (secondary N) is 1. The van der Waals surface area contributed by atoms with Crippen LogP contribution in [0.4, 0.5) is 0 Å². The quantitative estimate of drug-likeness (QED) is 0.915. The van der Waals surface area contributed by atoms with Crippen LogP contribution >= 0.6 is 27.7 Å². The van der Waals surface area contributed by atoms with Crippen molar-refractivity contribution in [2.45, 2.75) is 25.8 Å². The molecule has 1 aliphatic rings. The molecule has 1 aromatic rings. The average Bonchev–Trinajstić information content (AvgIpc) is 2.84. The second-order valence-corrected chi connectivity index (χ2v) is 6.42. The summed E-state index contributed by atoms with van der Waals surface area (Å²) in [5.41, 5.74) is 0.741. The summed E-state index contributed by atoms with van der Waals surface area (Å²) in [6.45, 7) is 2.54. The first kappa shape index (κ1) is 14.7. The molecule has 0 saturated carbocycles. The van der Waals surface area contributed by atoms with Gasteiger partial charge in [-0.2, -0.15) is 11.8 Å². The topological polar surface area (TPSA) is 53.2 Å². The van der Waals surface area contributed by atoms with Crippen LogP contribution in [0.3, 0.4) is 0 Å². The molecule has 0 aliphatic carbocycles. The summed E-state index contributed by atoms with van der Waals surface area (Å²) < 4.78 is 0.443. The molecular weight excluding hydrogens is 328 g/mol. The molecule has 104 valence electrons. The molecule has 1 N–H and O–H groups in total. The van der Waals surface area contributed by atoms with E-state index in [0.29, 0.717) is 4.47 Å². The Hall–Kier alpha value is -0.750. The predicted molar refractivity (Wildman–Crippen MR) is 81.9 cm³/mol. The SMILES string of the molecule is CSCC1CCCN1C(=O)c1c[nH]c(C)c(Br)c1=O. The average molecular weight is 345 g/mol. The number of hydrogen-bond acceptors (Lipinski definition) is 3. The molecule has 2 rings (SSSR count). The molecular formula is C13H17BrN2O2S. The summed E-state index contributed by atoms with van der Waals surface area (Å²) in [5, 5.41) is 0. The van der Waals surface area contributed by atoms with E-state index >= 15 is 0 Å². The molecule has 1 saturated heterocycles. The van der Waals surface area contributed by atoms with Crippen LogP contribution in [0.25, 0.3) is 0 Å². The minimum atomic E-state index is -0.226. The minimum absolute atomic E-state index is 0.154. The molecule has 1 atom stereocenters. The monoisotopic (exact) mass is 344 g/mol. The van der Waals surface area contributed by atoms with Gasteiger partial charge in [-0.3, -0.25) is 9.59 Å². The van der Waals surface area contributed by atoms with Crippen LogP contribution in [0, 0.1) is 6.92 Å². The van der Waals surface area contributed by atoms with Crippen LogP contribution in [0.2, 0.25) is 0 Å². The number of halogens is 1. The number of carbonyl (C=O) groups is 1. The van der Waals surface area contributed by atoms with Gasteiger partial charge in [0, 0.05) is 30.2 Å². The number of amides is 1. The molecule has 19 heavy (non-hydrogen) atoms. The largest absolute Gasteiger partial charge is 0.363 e. The maximum absolute atomic E-state index is 12.5. The molecule has 0 spiro atoms. The molecule has 1 amide bonds. The molecule has 1 fully saturated rings. The minimum Gasteiger partial charge on any atom is -0.363 e. The Balaban J connectivity index is 2.29. The van der Waals surface area contributed by atoms with Crippen LogP contribution in [0.15, 0.2) is 15.5 Å². The number of pyridine rings is 1. The fraction of sp³-hybridized carbons (Fsp3) is 0.538. The molecule has 1 aliphatic heterocycles. The molecule has 6 heteroatoms. The summed E-state index contributed by atoms with van der Waals surface area (Å²) >= 11 is 4.97. The highest BCUT2D eigenvalue weighted by Crippen LogP contribution is 2.22. The van der Waals surface area contributed by atoms with E-state index in [2.05, 4.69) is 20.9 Å². The molecule has 4 nitrogen and oxygen atoms in total. The van der Waals surface area contributed by atoms with E-state index in [0.717, 1.165) is 30.8 Å². The van der Waals surface area contributed by atoms with Crippen molar-refractivity contribution in [2.24, 2.45) is 0 Å². The van der Waals surface area contributed by atoms with E-state index in [1.807, 2.05) is 11.2 Å². The number of carbonyl (C=O) groups excluding carboxylic acids is 1. The molecule has 1 unspecified atom stereocenters. The molecule has 0 radical (unpaired) electrons. The summed E-state index contributed by atoms with van der Waals surface area (Å²) in [6, 6.07) is 0.252. The first-order valence-electron chi connectivity index (χ1n) is 6.24. The number of nitrogens with zero attached hydrogens (tertiary/aromatic N) is 1. The van der Waals surface area contributed by atoms with Crippen LogP contribution in [0.5, 0.6) is 0 Å². The van der Waals surface area contributed by atoms with E-state index < -0.39 is 0 Å². The second kappa shape index (κ2) is 6.13. The van der Waals surface area contributed by atoms with Gasteiger partial charge >= 0.3 is 0 Å². The van der Waals surface area contributed by atoms with Crippen molar-refractivity contribution in [3.63, 3.8) is 0 Å². The Labute approximate surface area is 125 Å². The second-order valence-electron chi connectivity index (χ2n) is 4.72. The zero-order valence-electron chi connectivity index (χ0n) is 11.0. The van der Waals surface area contributed by atoms with Crippen molar-refractivity contribution in [2.75, 3.05) is 18.6 Å². The number of rotatable bonds is 3. The third-order valence-electron chi connectivity index (χ3n) is 3.43. The fourth-order valence-electron chi connectivity index (χ4n) is 2.38. The van der Waals surface area contributed by atoms with E-state index in [9.17, 15) is 9.59 Å². The van der Waals surface area contributed by atoms with Gasteiger partial charge in [0.1, 0.15) is 5.56 Å². The Kier molecular flexibility index (Phi) is 4.73. The third-order valence-corrected chi connectivity index (χ3v) is 5.11. The van der Waals surface area contributed by atoms with Crippen LogP contribution in [-0.4, -0.2) is 40.4 Å². The number of likely N-dealkylation sites (tertiary alicyclic amines) is 1. The first-order chi connectivity index (χ1) is 9.06. The Bertz CT molecular complexity index is 544. The van der Waals surface area contributed by atoms with Gasteiger partial charge in [0.05, 0.1) is 4.47 Å². The Morgan fingerprint density at radius 3 is 3.05 bits per heavy atom. The van der Waals surface area contributed by atoms with E-state index in [1.165, 1.54) is 6.20 Å². The summed E-state index contributed by atoms with van der Waals surface area (Å²) in [4.78, 5) is 29.4. The Morgan fingerprint density at radius 1 is 1.63 bits per heavy atom. The van der Waals surface area contributed by atoms with Crippen molar-refractivity contribution >= 4 is 33.6 Å². The number of H-pyrrole nitrogens is 1. The number of thioether (sulfide) groups is 1. The van der Waals surface area contributed by atoms with Gasteiger partial charge in [0.2, 0.25) is 5.43 Å². The highest BCUT2D eigenvalue weighted by atomic mass is 79.9. The van der Waals surface area contributed by atoms with Crippen molar-refractivity contribution < 1.29 is 4.79 Å². The van der Waals surface area contributed by atoms with Crippen molar-refractivity contribution in [1.82, 2.24) is 9.88 Å². The van der Waals surface area contributed by atoms with E-state index in [1.54, 1.807) is 18.7 Å². The summed E-state index contributed by atoms with van der Waals surface area (Å²) in [5.74, 6) is 0.773. The maximum Gasteiger partial charge on any atom is 0.259 e. The smallest absolute Gasteiger partial charge is 0.259 e. The molecule has 0 aromatic carbocycles. The molecule has 2 heterocycles. The van der Waals surface area contributed by atoms with Crippen molar-refractivity contribution in [3.05, 3.63) is 32.2 Å². The van der Waals surface area contributed by atoms with Gasteiger partial charge in [0.25, 0.3) is 5.91 Å². The third kappa shape index (κ3) is 2.89. The van der Waals surface area contributed by atoms with Gasteiger partial charge in [-0.15, -0.1) is 0 Å². The van der Waals surface area contributed by atoms with Crippen molar-refractivity contribution in [3.8, 4) is 0 Å². The standard InChI is InChI=1S/C13H17BrN2O2S/c1-8-11(14)12(17)10(6-15-8)13(18)16-5-3-4-9(16)7-19-2/h6,9H,3-5,7H2,1-2H3,(H,15,17). The number of aromatic amines is 1. The number of aromatic nitrogens is 1. The zero-order valence-corrected chi connectivity index (χ0v) is 13.4. The van der Waals surface area contributed by atoms with Crippen molar-refractivity contribution in [1.29, 1.82) is 0 Å². The van der Waals surface area contributed by atoms with Gasteiger partial charge in [0.15, 0.2) is 0 Å². The maximum atomic E-state index is 12.5. The lowest BCUT2D eigenvalue weighted by Crippen LogP contribution is -2.39. The summed E-state index contributed by atoms with van der Waals surface area (Å²) in [7, 11) is 0. The van der Waals surface area contributed by atoms with Crippen LogP contribution in [-0.2, 0) is 0 Å². The lowest BCUT2D eigenvalue weighted by molar-refractivity contribution is 0.0748. The highest BCUT2D eigenvalue weighted by molar-refractivity contribution is 9.10. The normalized spacial score (nSPS) is 18.9. The predicted octanol–water partition coefficient (Wildman–Crippen LogP) is 2.41. The zero-order chi connectivity index (χ0) is 14.0. The van der Waals surface area contributed by atoms with Gasteiger partial charge in [-0.25, -0.2) is 0 Å². The van der Waals surface area contributed by atoms with Gasteiger partial charge in [-0.1, -0.05) is 0 Å². The number of aryl methyl sites for hydroxylation is 1. The highest BCUT2D eigenvalue weighted by Gasteiger charge is 2.30. The molecule has 1 aromatic heterocycles. The van der Waals surface area contributed by atoms with Crippen LogP contribution < -0.4 is 5.43 Å². The Morgan fingerprint density at radius 2 is 2.37 bits per heavy atom. The van der Waals surface area contributed by atoms with Gasteiger partial charge in [-0.05, 0) is 42.0 Å². The lowest BCUT2D eigenvalue weighted by atomic mass is 10.2. The number of hydrogen-bond donors (Lipinski definition) is 1. The molecule has 0 bridgehead atoms. The lowest BCUT2D eigenvalue weighted by Gasteiger charge is -2.24. The van der Waals surface area contributed by atoms with E-state index in [4.69, 9.17) is 0 Å². The van der Waals surface area contributed by atoms with Gasteiger partial charge < -0.3 is 9.88 Å². The van der Waals surface area contributed by atoms with Crippen LogP contribution in [0.1, 0.15) is 28.9 Å². The summed E-state index contributed by atoms with van der Waals surface area (Å²) in [6.07, 6.45) is 5.61. The fourth-order valence-corrected chi connectivity index (χ4v) is 3.44.